The lowest BCUT2D eigenvalue weighted by atomic mass is 10.1. The van der Waals surface area contributed by atoms with E-state index in [1.165, 1.54) is 0 Å². The van der Waals surface area contributed by atoms with Crippen molar-refractivity contribution in [2.24, 2.45) is 5.10 Å². The Hall–Kier alpha value is -2.17. The van der Waals surface area contributed by atoms with Crippen LogP contribution in [0.15, 0.2) is 23.3 Å². The highest BCUT2D eigenvalue weighted by Gasteiger charge is 2.18. The average Bonchev–Trinajstić information content (AvgIpc) is 2.36. The van der Waals surface area contributed by atoms with Gasteiger partial charge in [-0.1, -0.05) is 12.1 Å². The summed E-state index contributed by atoms with van der Waals surface area (Å²) in [7, 11) is 0. The molecule has 18 heavy (non-hydrogen) atoms. The molecule has 0 aliphatic carbocycles. The van der Waals surface area contributed by atoms with Crippen LogP contribution in [0.2, 0.25) is 0 Å². The topological polar surface area (TPSA) is 70.6 Å². The first-order valence-corrected chi connectivity index (χ1v) is 5.81. The van der Waals surface area contributed by atoms with E-state index in [4.69, 9.17) is 0 Å². The van der Waals surface area contributed by atoms with Crippen molar-refractivity contribution in [3.63, 3.8) is 0 Å². The largest absolute Gasteiger partial charge is 0.321 e. The quantitative estimate of drug-likeness (QED) is 0.829. The number of nitrogens with zero attached hydrogens (tertiary/aromatic N) is 1. The average molecular weight is 245 g/mol. The third-order valence-electron chi connectivity index (χ3n) is 3.02. The summed E-state index contributed by atoms with van der Waals surface area (Å²) < 4.78 is 0. The van der Waals surface area contributed by atoms with Crippen molar-refractivity contribution in [1.82, 2.24) is 5.43 Å². The number of carbonyl (C=O) groups is 2. The Balaban J connectivity index is 2.12. The fraction of sp³-hybridized carbons (Fsp3) is 0.308. The van der Waals surface area contributed by atoms with E-state index in [1.54, 1.807) is 0 Å². The molecule has 1 heterocycles. The van der Waals surface area contributed by atoms with Gasteiger partial charge in [0.1, 0.15) is 5.71 Å². The molecule has 0 radical (unpaired) electrons. The maximum absolute atomic E-state index is 11.9. The van der Waals surface area contributed by atoms with E-state index in [9.17, 15) is 9.59 Å². The van der Waals surface area contributed by atoms with Gasteiger partial charge >= 0.3 is 0 Å². The lowest BCUT2D eigenvalue weighted by Crippen LogP contribution is -2.32. The summed E-state index contributed by atoms with van der Waals surface area (Å²) >= 11 is 0. The van der Waals surface area contributed by atoms with Gasteiger partial charge in [-0.15, -0.1) is 0 Å². The minimum atomic E-state index is -0.260. The van der Waals surface area contributed by atoms with Crippen molar-refractivity contribution >= 4 is 23.2 Å². The van der Waals surface area contributed by atoms with Crippen molar-refractivity contribution in [2.75, 3.05) is 5.32 Å². The molecule has 94 valence electrons. The molecule has 0 fully saturated rings. The number of nitrogens with one attached hydrogen (secondary N) is 2. The van der Waals surface area contributed by atoms with Gasteiger partial charge < -0.3 is 5.32 Å². The Labute approximate surface area is 105 Å². The Bertz CT molecular complexity index is 535. The predicted octanol–water partition coefficient (Wildman–Crippen LogP) is 1.51. The highest BCUT2D eigenvalue weighted by atomic mass is 16.2. The molecule has 0 spiro atoms. The number of aryl methyl sites for hydroxylation is 1. The number of hydrogen-bond acceptors (Lipinski definition) is 3. The van der Waals surface area contributed by atoms with E-state index in [0.29, 0.717) is 18.6 Å². The molecule has 5 heteroatoms. The molecule has 0 aromatic heterocycles. The molecule has 1 aliphatic heterocycles. The van der Waals surface area contributed by atoms with Crippen LogP contribution in [0.3, 0.4) is 0 Å². The van der Waals surface area contributed by atoms with E-state index in [-0.39, 0.29) is 11.8 Å². The highest BCUT2D eigenvalue weighted by Crippen LogP contribution is 2.18. The number of benzene rings is 1. The van der Waals surface area contributed by atoms with Crippen molar-refractivity contribution in [3.8, 4) is 0 Å². The normalized spacial score (nSPS) is 14.8. The molecule has 0 atom stereocenters. The molecule has 2 amide bonds. The lowest BCUT2D eigenvalue weighted by molar-refractivity contribution is -0.121. The number of hydrogen-bond donors (Lipinski definition) is 2. The van der Waals surface area contributed by atoms with Crippen LogP contribution >= 0.6 is 0 Å². The Morgan fingerprint density at radius 1 is 1.33 bits per heavy atom. The molecule has 0 saturated carbocycles. The molecular formula is C13H15N3O2. The van der Waals surface area contributed by atoms with Gasteiger partial charge in [0.05, 0.1) is 0 Å². The fourth-order valence-electron chi connectivity index (χ4n) is 1.72. The van der Waals surface area contributed by atoms with Gasteiger partial charge in [-0.05, 0) is 31.0 Å². The number of carbonyl (C=O) groups excluding carboxylic acids is 2. The van der Waals surface area contributed by atoms with Crippen molar-refractivity contribution in [1.29, 1.82) is 0 Å². The Morgan fingerprint density at radius 2 is 2.11 bits per heavy atom. The summed E-state index contributed by atoms with van der Waals surface area (Å²) in [6.45, 7) is 3.94. The van der Waals surface area contributed by atoms with Crippen LogP contribution in [0.5, 0.6) is 0 Å². The number of amides is 2. The SMILES string of the molecule is Cc1cccc(NC(=O)C2=NNC(=O)CC2)c1C. The van der Waals surface area contributed by atoms with Crippen LogP contribution in [0, 0.1) is 13.8 Å². The van der Waals surface area contributed by atoms with Gasteiger partial charge in [-0.3, -0.25) is 9.59 Å². The van der Waals surface area contributed by atoms with Crippen LogP contribution in [-0.2, 0) is 9.59 Å². The zero-order valence-corrected chi connectivity index (χ0v) is 10.4. The second-order valence-electron chi connectivity index (χ2n) is 4.30. The molecule has 0 unspecified atom stereocenters. The van der Waals surface area contributed by atoms with Gasteiger partial charge in [-0.2, -0.15) is 5.10 Å². The Kier molecular flexibility index (Phi) is 3.41. The summed E-state index contributed by atoms with van der Waals surface area (Å²) in [5, 5.41) is 6.58. The minimum Gasteiger partial charge on any atom is -0.321 e. The molecule has 2 N–H and O–H groups in total. The summed E-state index contributed by atoms with van der Waals surface area (Å²) in [4.78, 5) is 22.9. The summed E-state index contributed by atoms with van der Waals surface area (Å²) in [6, 6.07) is 5.73. The van der Waals surface area contributed by atoms with E-state index >= 15 is 0 Å². The smallest absolute Gasteiger partial charge is 0.271 e. The van der Waals surface area contributed by atoms with E-state index < -0.39 is 0 Å². The summed E-state index contributed by atoms with van der Waals surface area (Å²) in [6.07, 6.45) is 0.682. The van der Waals surface area contributed by atoms with Crippen molar-refractivity contribution < 1.29 is 9.59 Å². The van der Waals surface area contributed by atoms with E-state index in [0.717, 1.165) is 16.8 Å². The zero-order valence-electron chi connectivity index (χ0n) is 10.4. The molecule has 1 aromatic carbocycles. The lowest BCUT2D eigenvalue weighted by Gasteiger charge is -2.14. The first-order chi connectivity index (χ1) is 8.58. The van der Waals surface area contributed by atoms with Gasteiger partial charge in [0.15, 0.2) is 0 Å². The molecule has 1 aromatic rings. The van der Waals surface area contributed by atoms with Crippen LogP contribution in [0.25, 0.3) is 0 Å². The van der Waals surface area contributed by atoms with Crippen molar-refractivity contribution in [2.45, 2.75) is 26.7 Å². The third kappa shape index (κ3) is 2.56. The van der Waals surface area contributed by atoms with Crippen LogP contribution < -0.4 is 10.7 Å². The first-order valence-electron chi connectivity index (χ1n) is 5.81. The second-order valence-corrected chi connectivity index (χ2v) is 4.30. The van der Waals surface area contributed by atoms with Crippen LogP contribution in [-0.4, -0.2) is 17.5 Å². The second kappa shape index (κ2) is 5.00. The van der Waals surface area contributed by atoms with E-state index in [2.05, 4.69) is 15.8 Å². The van der Waals surface area contributed by atoms with Gasteiger partial charge in [0, 0.05) is 18.5 Å². The predicted molar refractivity (Wildman–Crippen MR) is 69.4 cm³/mol. The molecule has 0 saturated heterocycles. The molecule has 1 aliphatic rings. The standard InChI is InChI=1S/C13H15N3O2/c1-8-4-3-5-10(9(8)2)14-13(18)11-6-7-12(17)16-15-11/h3-5H,6-7H2,1-2H3,(H,14,18)(H,16,17). The number of rotatable bonds is 2. The first kappa shape index (κ1) is 12.3. The fourth-order valence-corrected chi connectivity index (χ4v) is 1.72. The number of hydrazone groups is 1. The molecular weight excluding hydrogens is 230 g/mol. The maximum atomic E-state index is 11.9. The summed E-state index contributed by atoms with van der Waals surface area (Å²) in [5.41, 5.74) is 5.60. The molecule has 0 bridgehead atoms. The molecule has 5 nitrogen and oxygen atoms in total. The summed E-state index contributed by atoms with van der Waals surface area (Å²) in [5.74, 6) is -0.415. The molecule has 2 rings (SSSR count). The maximum Gasteiger partial charge on any atom is 0.271 e. The van der Waals surface area contributed by atoms with Crippen molar-refractivity contribution in [3.05, 3.63) is 29.3 Å². The van der Waals surface area contributed by atoms with Gasteiger partial charge in [-0.25, -0.2) is 5.43 Å². The monoisotopic (exact) mass is 245 g/mol. The highest BCUT2D eigenvalue weighted by molar-refractivity contribution is 6.43. The zero-order chi connectivity index (χ0) is 13.1. The minimum absolute atomic E-state index is 0.154. The third-order valence-corrected chi connectivity index (χ3v) is 3.02. The van der Waals surface area contributed by atoms with Gasteiger partial charge in [0.25, 0.3) is 5.91 Å². The number of anilines is 1. The van der Waals surface area contributed by atoms with Gasteiger partial charge in [0.2, 0.25) is 5.91 Å². The van der Waals surface area contributed by atoms with Crippen LogP contribution in [0.1, 0.15) is 24.0 Å². The Morgan fingerprint density at radius 3 is 2.78 bits per heavy atom. The van der Waals surface area contributed by atoms with Crippen LogP contribution in [0.4, 0.5) is 5.69 Å². The van der Waals surface area contributed by atoms with E-state index in [1.807, 2.05) is 32.0 Å².